The molecule has 2 N–H and O–H groups in total. The number of anilines is 2. The molecule has 238 valence electrons. The number of fused-ring (bicyclic) bond motifs is 3. The van der Waals surface area contributed by atoms with E-state index in [-0.39, 0.29) is 16.5 Å². The van der Waals surface area contributed by atoms with Crippen LogP contribution in [0, 0.1) is 5.92 Å². The van der Waals surface area contributed by atoms with E-state index in [1.165, 1.54) is 24.3 Å². The van der Waals surface area contributed by atoms with Crippen molar-refractivity contribution in [2.24, 2.45) is 5.92 Å². The first-order valence-electron chi connectivity index (χ1n) is 14.1. The van der Waals surface area contributed by atoms with Crippen molar-refractivity contribution >= 4 is 74.6 Å². The van der Waals surface area contributed by atoms with E-state index >= 15 is 0 Å². The van der Waals surface area contributed by atoms with Crippen LogP contribution in [-0.2, 0) is 20.6 Å². The molecule has 5 aromatic rings. The number of thioether (sulfide) groups is 1. The monoisotopic (exact) mass is 695 g/mol. The van der Waals surface area contributed by atoms with E-state index in [2.05, 4.69) is 10.3 Å². The molecule has 3 atom stereocenters. The number of aromatic amines is 1. The smallest absolute Gasteiger partial charge is 0.416 e. The molecule has 3 amide bonds. The summed E-state index contributed by atoms with van der Waals surface area (Å²) >= 11 is 8.23. The van der Waals surface area contributed by atoms with Crippen molar-refractivity contribution in [1.82, 2.24) is 4.98 Å². The summed E-state index contributed by atoms with van der Waals surface area (Å²) in [4.78, 5) is 56.8. The van der Waals surface area contributed by atoms with Crippen LogP contribution in [0.3, 0.4) is 0 Å². The number of alkyl halides is 3. The number of nitrogens with zero attached hydrogens (tertiary/aromatic N) is 1. The van der Waals surface area contributed by atoms with E-state index in [9.17, 15) is 32.3 Å². The number of aromatic nitrogens is 1. The average molecular weight is 696 g/mol. The maximum Gasteiger partial charge on any atom is 0.416 e. The van der Waals surface area contributed by atoms with Crippen molar-refractivity contribution in [2.45, 2.75) is 22.4 Å². The highest BCUT2D eigenvalue weighted by atomic mass is 35.5. The lowest BCUT2D eigenvalue weighted by molar-refractivity contribution is -0.137. The predicted octanol–water partition coefficient (Wildman–Crippen LogP) is 7.08. The molecule has 1 aromatic heterocycles. The number of halogens is 4. The zero-order valence-electron chi connectivity index (χ0n) is 23.8. The molecule has 0 saturated carbocycles. The number of hydrogen-bond acceptors (Lipinski definition) is 7. The van der Waals surface area contributed by atoms with E-state index in [0.717, 1.165) is 57.0 Å². The minimum Gasteiger partial charge on any atom is -0.483 e. The number of carbonyl (C=O) groups is 3. The maximum atomic E-state index is 14.1. The van der Waals surface area contributed by atoms with Crippen LogP contribution >= 0.6 is 34.7 Å². The normalized spacial score (nSPS) is 19.1. The molecular formula is C33H21ClF3N3O5S2. The number of thiazole rings is 1. The number of rotatable bonds is 6. The fraction of sp³-hybridized carbons (Fsp3) is 0.152. The molecular weight excluding hydrogens is 675 g/mol. The molecule has 7 rings (SSSR count). The van der Waals surface area contributed by atoms with Gasteiger partial charge in [0, 0.05) is 27.1 Å². The number of hydrogen-bond donors (Lipinski definition) is 2. The SMILES string of the molecule is O=C(COc1ccc(Cl)cc1C1c2sc(=O)[nH]c2SC2C(=O)N(c3cccc(C(F)(F)F)c3)C(=O)C21)Nc1ccc2ccccc2c1. The van der Waals surface area contributed by atoms with Gasteiger partial charge in [-0.15, -0.1) is 0 Å². The summed E-state index contributed by atoms with van der Waals surface area (Å²) in [6, 6.07) is 21.8. The molecule has 4 aromatic carbocycles. The first-order chi connectivity index (χ1) is 22.5. The number of ether oxygens (including phenoxy) is 1. The van der Waals surface area contributed by atoms with Crippen LogP contribution in [0.2, 0.25) is 5.02 Å². The van der Waals surface area contributed by atoms with Crippen molar-refractivity contribution in [3.63, 3.8) is 0 Å². The molecule has 2 aliphatic heterocycles. The van der Waals surface area contributed by atoms with Crippen molar-refractivity contribution in [3.8, 4) is 5.75 Å². The summed E-state index contributed by atoms with van der Waals surface area (Å²) in [6.45, 7) is -0.420. The molecule has 14 heteroatoms. The van der Waals surface area contributed by atoms with Crippen molar-refractivity contribution in [1.29, 1.82) is 0 Å². The van der Waals surface area contributed by atoms with Crippen LogP contribution in [0.1, 0.15) is 21.9 Å². The number of amides is 3. The summed E-state index contributed by atoms with van der Waals surface area (Å²) in [7, 11) is 0. The van der Waals surface area contributed by atoms with Crippen LogP contribution in [0.25, 0.3) is 10.8 Å². The Morgan fingerprint density at radius 1 is 0.936 bits per heavy atom. The van der Waals surface area contributed by atoms with Gasteiger partial charge in [-0.2, -0.15) is 13.2 Å². The van der Waals surface area contributed by atoms with Gasteiger partial charge in [-0.3, -0.25) is 19.2 Å². The van der Waals surface area contributed by atoms with Gasteiger partial charge in [-0.25, -0.2) is 4.90 Å². The lowest BCUT2D eigenvalue weighted by atomic mass is 9.82. The lowest BCUT2D eigenvalue weighted by Crippen LogP contribution is -2.32. The standard InChI is InChI=1S/C33H21ClF3N3O5S2/c34-19-9-11-23(45-15-24(41)38-20-10-8-16-4-1-2-5-17(16)12-20)22(14-19)25-26-28(46-29-27(25)47-32(44)39-29)31(43)40(30(26)42)21-7-3-6-18(13-21)33(35,36)37/h1-14,25-26,28H,15H2,(H,38,41)(H,39,44). The van der Waals surface area contributed by atoms with Gasteiger partial charge in [0.15, 0.2) is 6.61 Å². The van der Waals surface area contributed by atoms with E-state index in [0.29, 0.717) is 21.2 Å². The van der Waals surface area contributed by atoms with Gasteiger partial charge in [-0.05, 0) is 59.3 Å². The van der Waals surface area contributed by atoms with Crippen molar-refractivity contribution < 1.29 is 32.3 Å². The number of benzene rings is 4. The summed E-state index contributed by atoms with van der Waals surface area (Å²) in [5.74, 6) is -3.79. The Morgan fingerprint density at radius 3 is 2.51 bits per heavy atom. The van der Waals surface area contributed by atoms with Crippen molar-refractivity contribution in [3.05, 3.63) is 116 Å². The molecule has 0 aliphatic carbocycles. The maximum absolute atomic E-state index is 14.1. The average Bonchev–Trinajstić information content (AvgIpc) is 3.53. The Balaban J connectivity index is 1.22. The second-order valence-corrected chi connectivity index (χ2v) is 13.5. The Kier molecular flexibility index (Phi) is 7.85. The minimum atomic E-state index is -4.69. The number of nitrogens with one attached hydrogen (secondary N) is 2. The van der Waals surface area contributed by atoms with E-state index in [4.69, 9.17) is 16.3 Å². The van der Waals surface area contributed by atoms with Crippen molar-refractivity contribution in [2.75, 3.05) is 16.8 Å². The zero-order chi connectivity index (χ0) is 33.0. The molecule has 3 unspecified atom stereocenters. The summed E-state index contributed by atoms with van der Waals surface area (Å²) < 4.78 is 46.5. The molecule has 47 heavy (non-hydrogen) atoms. The van der Waals surface area contributed by atoms with E-state index < -0.39 is 58.0 Å². The molecule has 0 bridgehead atoms. The van der Waals surface area contributed by atoms with Gasteiger partial charge in [0.2, 0.25) is 11.8 Å². The third-order valence-corrected chi connectivity index (χ3v) is 10.6. The fourth-order valence-electron chi connectivity index (χ4n) is 5.93. The van der Waals surface area contributed by atoms with Gasteiger partial charge < -0.3 is 15.0 Å². The van der Waals surface area contributed by atoms with Gasteiger partial charge in [0.25, 0.3) is 5.91 Å². The molecule has 0 spiro atoms. The summed E-state index contributed by atoms with van der Waals surface area (Å²) in [6.07, 6.45) is -4.69. The Morgan fingerprint density at radius 2 is 1.72 bits per heavy atom. The molecule has 1 fully saturated rings. The quantitative estimate of drug-likeness (QED) is 0.184. The van der Waals surface area contributed by atoms with Crippen LogP contribution in [-0.4, -0.2) is 34.6 Å². The van der Waals surface area contributed by atoms with E-state index in [1.54, 1.807) is 6.07 Å². The second kappa shape index (κ2) is 11.9. The molecule has 2 aliphatic rings. The fourth-order valence-corrected chi connectivity index (χ4v) is 8.62. The Bertz CT molecular complexity index is 2150. The summed E-state index contributed by atoms with van der Waals surface area (Å²) in [5, 5.41) is 4.30. The van der Waals surface area contributed by atoms with E-state index in [1.807, 2.05) is 36.4 Å². The topological polar surface area (TPSA) is 109 Å². The van der Waals surface area contributed by atoms with Crippen LogP contribution in [0.5, 0.6) is 5.75 Å². The highest BCUT2D eigenvalue weighted by molar-refractivity contribution is 8.00. The van der Waals surface area contributed by atoms with Crippen LogP contribution in [0.15, 0.2) is 94.7 Å². The number of H-pyrrole nitrogens is 1. The van der Waals surface area contributed by atoms with Crippen LogP contribution in [0.4, 0.5) is 24.5 Å². The highest BCUT2D eigenvalue weighted by Crippen LogP contribution is 2.55. The van der Waals surface area contributed by atoms with Crippen LogP contribution < -0.4 is 19.8 Å². The first kappa shape index (κ1) is 31.0. The highest BCUT2D eigenvalue weighted by Gasteiger charge is 2.57. The third-order valence-electron chi connectivity index (χ3n) is 7.95. The Labute approximate surface area is 277 Å². The summed E-state index contributed by atoms with van der Waals surface area (Å²) in [5.41, 5.74) is -0.318. The first-order valence-corrected chi connectivity index (χ1v) is 16.2. The number of carbonyl (C=O) groups excluding carboxylic acids is 3. The van der Waals surface area contributed by atoms with Gasteiger partial charge in [0.05, 0.1) is 22.2 Å². The second-order valence-electron chi connectivity index (χ2n) is 10.9. The zero-order valence-corrected chi connectivity index (χ0v) is 26.2. The van der Waals surface area contributed by atoms with Gasteiger partial charge >= 0.3 is 11.0 Å². The number of imide groups is 1. The van der Waals surface area contributed by atoms with Gasteiger partial charge in [0.1, 0.15) is 11.0 Å². The molecule has 3 heterocycles. The molecule has 8 nitrogen and oxygen atoms in total. The third kappa shape index (κ3) is 5.79. The Hall–Kier alpha value is -4.59. The van der Waals surface area contributed by atoms with Gasteiger partial charge in [-0.1, -0.05) is 71.1 Å². The molecule has 1 saturated heterocycles. The lowest BCUT2D eigenvalue weighted by Gasteiger charge is -2.31. The largest absolute Gasteiger partial charge is 0.483 e. The minimum absolute atomic E-state index is 0.184. The predicted molar refractivity (Wildman–Crippen MR) is 173 cm³/mol. The molecule has 0 radical (unpaired) electrons.